The molecule has 0 amide bonds. The molecule has 0 aliphatic rings. The van der Waals surface area contributed by atoms with E-state index >= 15 is 0 Å². The standard InChI is InChI=1S/C6Cl5.3C6H5.Al/c7-2-1-3(8)5(10)6(11)4(2)9;3*1-2-4-6-5-3-1;/h;3*1-5H;/q;;;;-1. The van der Waals surface area contributed by atoms with Crippen molar-refractivity contribution < 1.29 is 0 Å². The SMILES string of the molecule is Clc1c(Cl)c(Cl)[c]([Al-]([c]2ccccc2)([c]2ccccc2)[c]2ccccc2)c(Cl)c1Cl. The van der Waals surface area contributed by atoms with Gasteiger partial charge in [0.15, 0.2) is 0 Å². The van der Waals surface area contributed by atoms with E-state index < -0.39 is 13.1 Å². The van der Waals surface area contributed by atoms with Crippen LogP contribution < -0.4 is 17.7 Å². The van der Waals surface area contributed by atoms with Crippen molar-refractivity contribution in [2.45, 2.75) is 0 Å². The van der Waals surface area contributed by atoms with Crippen LogP contribution in [0.2, 0.25) is 25.1 Å². The van der Waals surface area contributed by atoms with Crippen molar-refractivity contribution in [1.29, 1.82) is 0 Å². The third-order valence-electron chi connectivity index (χ3n) is 5.58. The number of benzene rings is 4. The summed E-state index contributed by atoms with van der Waals surface area (Å²) in [6.07, 6.45) is 0. The van der Waals surface area contributed by atoms with Crippen LogP contribution in [0.3, 0.4) is 0 Å². The van der Waals surface area contributed by atoms with E-state index in [1.807, 2.05) is 54.6 Å². The fourth-order valence-corrected chi connectivity index (χ4v) is 12.2. The topological polar surface area (TPSA) is 0 Å². The Morgan fingerprint density at radius 1 is 0.367 bits per heavy atom. The molecule has 0 saturated heterocycles. The second-order valence-electron chi connectivity index (χ2n) is 7.08. The molecule has 0 spiro atoms. The molecule has 0 heterocycles. The molecule has 0 aliphatic carbocycles. The fraction of sp³-hybridized carbons (Fsp3) is 0. The maximum atomic E-state index is 6.89. The van der Waals surface area contributed by atoms with Crippen LogP contribution in [0.5, 0.6) is 0 Å². The zero-order chi connectivity index (χ0) is 21.3. The van der Waals surface area contributed by atoms with E-state index in [1.54, 1.807) is 0 Å². The fourth-order valence-electron chi connectivity index (χ4n) is 4.30. The Hall–Kier alpha value is -1.14. The first-order valence-corrected chi connectivity index (χ1v) is 13.5. The Kier molecular flexibility index (Phi) is 6.74. The van der Waals surface area contributed by atoms with Gasteiger partial charge in [-0.1, -0.05) is 113 Å². The van der Waals surface area contributed by atoms with E-state index in [1.165, 1.54) is 0 Å². The van der Waals surface area contributed by atoms with Crippen molar-refractivity contribution in [2.24, 2.45) is 0 Å². The quantitative estimate of drug-likeness (QED) is 0.172. The van der Waals surface area contributed by atoms with E-state index in [0.717, 1.165) is 17.7 Å². The van der Waals surface area contributed by atoms with Gasteiger partial charge in [0.2, 0.25) is 0 Å². The summed E-state index contributed by atoms with van der Waals surface area (Å²) in [6.45, 7) is 0. The Morgan fingerprint density at radius 3 is 0.933 bits per heavy atom. The monoisotopic (exact) mass is 505 g/mol. The third kappa shape index (κ3) is 3.58. The first-order chi connectivity index (χ1) is 14.5. The summed E-state index contributed by atoms with van der Waals surface area (Å²) in [4.78, 5) is 0. The summed E-state index contributed by atoms with van der Waals surface area (Å²) in [5, 5.41) is 1.29. The van der Waals surface area contributed by atoms with Gasteiger partial charge in [0.05, 0.1) is 15.1 Å². The zero-order valence-electron chi connectivity index (χ0n) is 15.6. The largest absolute Gasteiger partial charge is 0.271 e. The second-order valence-corrected chi connectivity index (χ2v) is 13.3. The average Bonchev–Trinajstić information content (AvgIpc) is 2.81. The highest BCUT2D eigenvalue weighted by atomic mass is 35.5. The van der Waals surface area contributed by atoms with Crippen LogP contribution in [-0.4, -0.2) is 13.1 Å². The average molecular weight is 508 g/mol. The summed E-state index contributed by atoms with van der Waals surface area (Å²) in [5.74, 6) is 0. The van der Waals surface area contributed by atoms with Gasteiger partial charge in [-0.05, 0) is 0 Å². The van der Waals surface area contributed by atoms with Crippen molar-refractivity contribution >= 4 is 88.8 Å². The summed E-state index contributed by atoms with van der Waals surface area (Å²) in [5.41, 5.74) is 0. The Morgan fingerprint density at radius 2 is 0.633 bits per heavy atom. The van der Waals surface area contributed by atoms with E-state index in [2.05, 4.69) is 36.4 Å². The number of hydrogen-bond donors (Lipinski definition) is 0. The van der Waals surface area contributed by atoms with E-state index in [0.29, 0.717) is 10.0 Å². The Balaban J connectivity index is 2.27. The molecule has 0 aliphatic heterocycles. The van der Waals surface area contributed by atoms with Gasteiger partial charge in [0.1, 0.15) is 0 Å². The minimum Gasteiger partial charge on any atom is -0.218 e. The third-order valence-corrected chi connectivity index (χ3v) is 13.8. The van der Waals surface area contributed by atoms with Crippen molar-refractivity contribution in [3.8, 4) is 0 Å². The van der Waals surface area contributed by atoms with Gasteiger partial charge >= 0.3 is 0 Å². The molecule has 0 nitrogen and oxygen atoms in total. The number of halogens is 5. The molecule has 0 fully saturated rings. The lowest BCUT2D eigenvalue weighted by atomic mass is 10.3. The molecule has 0 bridgehead atoms. The smallest absolute Gasteiger partial charge is 0.218 e. The Labute approximate surface area is 203 Å². The van der Waals surface area contributed by atoms with Crippen LogP contribution in [0.25, 0.3) is 0 Å². The van der Waals surface area contributed by atoms with E-state index in [-0.39, 0.29) is 15.1 Å². The highest BCUT2D eigenvalue weighted by Gasteiger charge is 2.41. The van der Waals surface area contributed by atoms with Gasteiger partial charge < -0.3 is 0 Å². The van der Waals surface area contributed by atoms with Gasteiger partial charge in [0.25, 0.3) is 13.1 Å². The Bertz CT molecular complexity index is 1050. The molecule has 4 rings (SSSR count). The van der Waals surface area contributed by atoms with Crippen LogP contribution >= 0.6 is 58.0 Å². The highest BCUT2D eigenvalue weighted by Crippen LogP contribution is 2.40. The van der Waals surface area contributed by atoms with Crippen LogP contribution in [0, 0.1) is 0 Å². The second kappa shape index (κ2) is 9.16. The van der Waals surface area contributed by atoms with Crippen molar-refractivity contribution in [3.63, 3.8) is 0 Å². The molecule has 6 heteroatoms. The lowest BCUT2D eigenvalue weighted by Gasteiger charge is -2.42. The van der Waals surface area contributed by atoms with Crippen molar-refractivity contribution in [1.82, 2.24) is 0 Å². The maximum Gasteiger partial charge on any atom is 0.271 e. The normalized spacial score (nSPS) is 11.5. The lowest BCUT2D eigenvalue weighted by molar-refractivity contribution is 1.66. The summed E-state index contributed by atoms with van der Waals surface area (Å²) in [6, 6.07) is 30.8. The minimum absolute atomic E-state index is 0.166. The van der Waals surface area contributed by atoms with Crippen molar-refractivity contribution in [3.05, 3.63) is 116 Å². The molecule has 0 unspecified atom stereocenters. The predicted molar refractivity (Wildman–Crippen MR) is 135 cm³/mol. The molecule has 0 N–H and O–H groups in total. The van der Waals surface area contributed by atoms with E-state index in [9.17, 15) is 0 Å². The number of rotatable bonds is 4. The van der Waals surface area contributed by atoms with E-state index in [4.69, 9.17) is 58.0 Å². The first-order valence-electron chi connectivity index (χ1n) is 9.33. The van der Waals surface area contributed by atoms with Gasteiger partial charge in [-0.25, -0.2) is 13.3 Å². The maximum absolute atomic E-state index is 6.89. The lowest BCUT2D eigenvalue weighted by Crippen LogP contribution is -2.75. The molecule has 0 radical (unpaired) electrons. The van der Waals surface area contributed by atoms with Gasteiger partial charge in [-0.3, -0.25) is 0 Å². The van der Waals surface area contributed by atoms with Crippen molar-refractivity contribution in [2.75, 3.05) is 0 Å². The predicted octanol–water partition coefficient (Wildman–Crippen LogP) is 6.33. The van der Waals surface area contributed by atoms with Gasteiger partial charge in [-0.15, -0.1) is 36.4 Å². The molecular weight excluding hydrogens is 493 g/mol. The van der Waals surface area contributed by atoms with Crippen LogP contribution in [0.15, 0.2) is 91.0 Å². The molecule has 0 aromatic heterocycles. The van der Waals surface area contributed by atoms with Gasteiger partial charge in [0, 0.05) is 10.0 Å². The van der Waals surface area contributed by atoms with Crippen LogP contribution in [0.4, 0.5) is 0 Å². The summed E-state index contributed by atoms with van der Waals surface area (Å²) >= 11 is 29.8. The summed E-state index contributed by atoms with van der Waals surface area (Å²) < 4.78 is 4.18. The minimum atomic E-state index is -3.39. The molecule has 4 aromatic carbocycles. The number of hydrogen-bond acceptors (Lipinski definition) is 0. The van der Waals surface area contributed by atoms with Gasteiger partial charge in [-0.2, -0.15) is 4.43 Å². The zero-order valence-corrected chi connectivity index (χ0v) is 20.6. The molecular formula is C24H15AlCl5-. The van der Waals surface area contributed by atoms with Crippen LogP contribution in [-0.2, 0) is 0 Å². The summed E-state index contributed by atoms with van der Waals surface area (Å²) in [7, 11) is 0. The molecule has 150 valence electrons. The highest BCUT2D eigenvalue weighted by molar-refractivity contribution is 7.21. The first kappa shape index (κ1) is 22.1. The molecule has 0 atom stereocenters. The molecule has 4 aromatic rings. The van der Waals surface area contributed by atoms with Crippen LogP contribution in [0.1, 0.15) is 0 Å². The molecule has 0 saturated carbocycles. The molecule has 30 heavy (non-hydrogen) atoms.